The number of thiophene rings is 1. The molecule has 0 aliphatic carbocycles. The fourth-order valence-electron chi connectivity index (χ4n) is 1.24. The Morgan fingerprint density at radius 2 is 2.47 bits per heavy atom. The van der Waals surface area contributed by atoms with Crippen LogP contribution in [0.3, 0.4) is 0 Å². The standard InChI is InChI=1S/C9H9N3O2S/c10-6-4-8(9(13)14)15-7(6)3-5-1-2-11-12-5/h1-2,4H,3,10H2,(H,11,12)(H,13,14). The normalized spacial score (nSPS) is 10.4. The van der Waals surface area contributed by atoms with E-state index in [1.54, 1.807) is 6.20 Å². The molecule has 0 aliphatic heterocycles. The third kappa shape index (κ3) is 1.99. The lowest BCUT2D eigenvalue weighted by Crippen LogP contribution is -1.91. The first-order chi connectivity index (χ1) is 7.16. The van der Waals surface area contributed by atoms with Gasteiger partial charge in [-0.15, -0.1) is 11.3 Å². The molecule has 0 spiro atoms. The number of anilines is 1. The number of carbonyl (C=O) groups is 1. The van der Waals surface area contributed by atoms with Crippen LogP contribution in [0, 0.1) is 0 Å². The molecular weight excluding hydrogens is 214 g/mol. The molecule has 0 saturated carbocycles. The maximum absolute atomic E-state index is 10.7. The van der Waals surface area contributed by atoms with Crippen molar-refractivity contribution in [3.8, 4) is 0 Å². The van der Waals surface area contributed by atoms with E-state index in [1.165, 1.54) is 17.4 Å². The summed E-state index contributed by atoms with van der Waals surface area (Å²) in [5, 5.41) is 15.4. The summed E-state index contributed by atoms with van der Waals surface area (Å²) in [5.74, 6) is -0.942. The van der Waals surface area contributed by atoms with Crippen LogP contribution >= 0.6 is 11.3 Å². The van der Waals surface area contributed by atoms with Gasteiger partial charge in [-0.05, 0) is 12.1 Å². The fourth-order valence-corrected chi connectivity index (χ4v) is 2.19. The number of aromatic nitrogens is 2. The minimum absolute atomic E-state index is 0.266. The smallest absolute Gasteiger partial charge is 0.345 e. The second kappa shape index (κ2) is 3.74. The van der Waals surface area contributed by atoms with Gasteiger partial charge in [0.05, 0.1) is 0 Å². The molecule has 6 heteroatoms. The molecule has 4 N–H and O–H groups in total. The molecule has 0 aromatic carbocycles. The molecule has 15 heavy (non-hydrogen) atoms. The number of rotatable bonds is 3. The van der Waals surface area contributed by atoms with E-state index in [0.29, 0.717) is 12.1 Å². The van der Waals surface area contributed by atoms with Crippen molar-refractivity contribution < 1.29 is 9.90 Å². The quantitative estimate of drug-likeness (QED) is 0.732. The van der Waals surface area contributed by atoms with Gasteiger partial charge in [0.25, 0.3) is 0 Å². The highest BCUT2D eigenvalue weighted by Gasteiger charge is 2.12. The molecule has 2 aromatic rings. The zero-order valence-corrected chi connectivity index (χ0v) is 8.54. The topological polar surface area (TPSA) is 92.0 Å². The van der Waals surface area contributed by atoms with Gasteiger partial charge in [-0.2, -0.15) is 5.10 Å². The number of H-pyrrole nitrogens is 1. The van der Waals surface area contributed by atoms with Crippen LogP contribution in [0.4, 0.5) is 5.69 Å². The Morgan fingerprint density at radius 3 is 3.00 bits per heavy atom. The first-order valence-corrected chi connectivity index (χ1v) is 5.08. The van der Waals surface area contributed by atoms with E-state index in [1.807, 2.05) is 6.07 Å². The van der Waals surface area contributed by atoms with Crippen molar-refractivity contribution in [2.24, 2.45) is 0 Å². The van der Waals surface area contributed by atoms with Crippen LogP contribution in [0.15, 0.2) is 18.3 Å². The lowest BCUT2D eigenvalue weighted by molar-refractivity contribution is 0.0702. The minimum atomic E-state index is -0.942. The van der Waals surface area contributed by atoms with Crippen LogP contribution in [0.25, 0.3) is 0 Å². The Hall–Kier alpha value is -1.82. The molecule has 2 rings (SSSR count). The first-order valence-electron chi connectivity index (χ1n) is 4.26. The van der Waals surface area contributed by atoms with E-state index in [-0.39, 0.29) is 4.88 Å². The van der Waals surface area contributed by atoms with Crippen molar-refractivity contribution in [2.45, 2.75) is 6.42 Å². The van der Waals surface area contributed by atoms with Gasteiger partial charge in [0.1, 0.15) is 4.88 Å². The van der Waals surface area contributed by atoms with E-state index >= 15 is 0 Å². The summed E-state index contributed by atoms with van der Waals surface area (Å²) >= 11 is 1.19. The first kappa shape index (κ1) is 9.72. The molecule has 2 heterocycles. The van der Waals surface area contributed by atoms with Gasteiger partial charge in [0.2, 0.25) is 0 Å². The number of aromatic carboxylic acids is 1. The maximum atomic E-state index is 10.7. The number of nitrogens with zero attached hydrogens (tertiary/aromatic N) is 1. The van der Waals surface area contributed by atoms with Crippen molar-refractivity contribution in [2.75, 3.05) is 5.73 Å². The SMILES string of the molecule is Nc1cc(C(=O)O)sc1Cc1ccn[nH]1. The van der Waals surface area contributed by atoms with Gasteiger partial charge in [-0.25, -0.2) is 4.79 Å². The van der Waals surface area contributed by atoms with Crippen molar-refractivity contribution in [1.29, 1.82) is 0 Å². The van der Waals surface area contributed by atoms with Crippen LogP contribution < -0.4 is 5.73 Å². The highest BCUT2D eigenvalue weighted by molar-refractivity contribution is 7.14. The molecule has 5 nitrogen and oxygen atoms in total. The molecule has 0 radical (unpaired) electrons. The highest BCUT2D eigenvalue weighted by atomic mass is 32.1. The summed E-state index contributed by atoms with van der Waals surface area (Å²) in [5.41, 5.74) is 7.15. The average Bonchev–Trinajstić information content (AvgIpc) is 2.77. The number of nitrogen functional groups attached to an aromatic ring is 1. The third-order valence-corrected chi connectivity index (χ3v) is 3.10. The van der Waals surface area contributed by atoms with Crippen molar-refractivity contribution in [1.82, 2.24) is 10.2 Å². The Morgan fingerprint density at radius 1 is 1.67 bits per heavy atom. The Balaban J connectivity index is 2.25. The summed E-state index contributed by atoms with van der Waals surface area (Å²) in [6, 6.07) is 3.32. The summed E-state index contributed by atoms with van der Waals surface area (Å²) in [6.45, 7) is 0. The van der Waals surface area contributed by atoms with Crippen LogP contribution in [-0.2, 0) is 6.42 Å². The molecular formula is C9H9N3O2S. The molecule has 78 valence electrons. The van der Waals surface area contributed by atoms with Gasteiger partial charge < -0.3 is 10.8 Å². The Bertz CT molecular complexity index is 476. The van der Waals surface area contributed by atoms with E-state index in [4.69, 9.17) is 10.8 Å². The van der Waals surface area contributed by atoms with Crippen molar-refractivity contribution >= 4 is 23.0 Å². The molecule has 0 bridgehead atoms. The zero-order chi connectivity index (χ0) is 10.8. The van der Waals surface area contributed by atoms with E-state index in [0.717, 1.165) is 10.6 Å². The van der Waals surface area contributed by atoms with Crippen LogP contribution in [-0.4, -0.2) is 21.3 Å². The largest absolute Gasteiger partial charge is 0.477 e. The molecule has 0 aliphatic rings. The molecule has 0 atom stereocenters. The van der Waals surface area contributed by atoms with Crippen LogP contribution in [0.2, 0.25) is 0 Å². The maximum Gasteiger partial charge on any atom is 0.345 e. The van der Waals surface area contributed by atoms with Crippen molar-refractivity contribution in [3.63, 3.8) is 0 Å². The second-order valence-electron chi connectivity index (χ2n) is 3.05. The van der Waals surface area contributed by atoms with Gasteiger partial charge in [0, 0.05) is 28.9 Å². The molecule has 0 amide bonds. The third-order valence-electron chi connectivity index (χ3n) is 1.96. The lowest BCUT2D eigenvalue weighted by atomic mass is 10.2. The van der Waals surface area contributed by atoms with Gasteiger partial charge >= 0.3 is 5.97 Å². The monoisotopic (exact) mass is 223 g/mol. The van der Waals surface area contributed by atoms with E-state index in [9.17, 15) is 4.79 Å². The molecule has 0 unspecified atom stereocenters. The van der Waals surface area contributed by atoms with E-state index in [2.05, 4.69) is 10.2 Å². The highest BCUT2D eigenvalue weighted by Crippen LogP contribution is 2.26. The summed E-state index contributed by atoms with van der Waals surface area (Å²) in [6.07, 6.45) is 2.24. The van der Waals surface area contributed by atoms with Gasteiger partial charge in [0.15, 0.2) is 0 Å². The van der Waals surface area contributed by atoms with Crippen molar-refractivity contribution in [3.05, 3.63) is 33.8 Å². The number of carboxylic acids is 1. The molecule has 0 fully saturated rings. The second-order valence-corrected chi connectivity index (χ2v) is 4.19. The van der Waals surface area contributed by atoms with Crippen LogP contribution in [0.1, 0.15) is 20.2 Å². The molecule has 2 aromatic heterocycles. The van der Waals surface area contributed by atoms with E-state index < -0.39 is 5.97 Å². The van der Waals surface area contributed by atoms with Gasteiger partial charge in [-0.3, -0.25) is 5.10 Å². The fraction of sp³-hybridized carbons (Fsp3) is 0.111. The van der Waals surface area contributed by atoms with Gasteiger partial charge in [-0.1, -0.05) is 0 Å². The number of nitrogens with two attached hydrogens (primary N) is 1. The summed E-state index contributed by atoms with van der Waals surface area (Å²) in [4.78, 5) is 11.8. The number of carboxylic acid groups (broad SMARTS) is 1. The summed E-state index contributed by atoms with van der Waals surface area (Å²) < 4.78 is 0. The lowest BCUT2D eigenvalue weighted by Gasteiger charge is -1.95. The average molecular weight is 223 g/mol. The molecule has 0 saturated heterocycles. The number of hydrogen-bond donors (Lipinski definition) is 3. The predicted molar refractivity (Wildman–Crippen MR) is 57.1 cm³/mol. The zero-order valence-electron chi connectivity index (χ0n) is 7.73. The summed E-state index contributed by atoms with van der Waals surface area (Å²) in [7, 11) is 0. The minimum Gasteiger partial charge on any atom is -0.477 e. The Labute approximate surface area is 89.6 Å². The number of hydrogen-bond acceptors (Lipinski definition) is 4. The Kier molecular flexibility index (Phi) is 2.42. The van der Waals surface area contributed by atoms with Crippen LogP contribution in [0.5, 0.6) is 0 Å². The predicted octanol–water partition coefficient (Wildman–Crippen LogP) is 1.34. The number of aromatic amines is 1. The number of nitrogens with one attached hydrogen (secondary N) is 1.